The third-order valence-electron chi connectivity index (χ3n) is 3.69. The Hall–Kier alpha value is -0.510. The molecule has 0 aliphatic carbocycles. The van der Waals surface area contributed by atoms with Crippen molar-refractivity contribution in [3.05, 3.63) is 29.8 Å². The van der Waals surface area contributed by atoms with Crippen molar-refractivity contribution < 1.29 is 0 Å². The highest BCUT2D eigenvalue weighted by Gasteiger charge is 2.11. The van der Waals surface area contributed by atoms with Gasteiger partial charge in [0.05, 0.1) is 0 Å². The molecule has 1 aliphatic heterocycles. The van der Waals surface area contributed by atoms with Gasteiger partial charge in [0.2, 0.25) is 0 Å². The molecular weight excluding hydrogens is 240 g/mol. The van der Waals surface area contributed by atoms with Crippen LogP contribution in [0.4, 0.5) is 0 Å². The smallest absolute Gasteiger partial charge is 0.0292 e. The first-order valence-corrected chi connectivity index (χ1v) is 8.12. The van der Waals surface area contributed by atoms with Gasteiger partial charge in [0.1, 0.15) is 0 Å². The molecular formula is C15H24N2S. The molecule has 1 fully saturated rings. The monoisotopic (exact) mass is 264 g/mol. The summed E-state index contributed by atoms with van der Waals surface area (Å²) >= 11 is 1.80. The third kappa shape index (κ3) is 4.01. The lowest BCUT2D eigenvalue weighted by atomic mass is 10.1. The molecule has 1 aliphatic rings. The van der Waals surface area contributed by atoms with E-state index < -0.39 is 0 Å². The molecule has 18 heavy (non-hydrogen) atoms. The van der Waals surface area contributed by atoms with Crippen molar-refractivity contribution in [2.75, 3.05) is 32.4 Å². The first-order valence-electron chi connectivity index (χ1n) is 6.89. The predicted molar refractivity (Wildman–Crippen MR) is 80.3 cm³/mol. The quantitative estimate of drug-likeness (QED) is 0.795. The number of nitrogens with one attached hydrogen (secondary N) is 1. The summed E-state index contributed by atoms with van der Waals surface area (Å²) in [5.41, 5.74) is 1.38. The molecule has 1 heterocycles. The van der Waals surface area contributed by atoms with E-state index in [0.717, 1.165) is 6.54 Å². The van der Waals surface area contributed by atoms with E-state index in [1.807, 2.05) is 0 Å². The minimum absolute atomic E-state index is 0.448. The molecule has 1 aromatic rings. The predicted octanol–water partition coefficient (Wildman–Crippen LogP) is 3.15. The van der Waals surface area contributed by atoms with Crippen molar-refractivity contribution in [1.82, 2.24) is 10.2 Å². The Kier molecular flexibility index (Phi) is 5.54. The molecule has 3 heteroatoms. The lowest BCUT2D eigenvalue weighted by Gasteiger charge is -2.18. The zero-order valence-electron chi connectivity index (χ0n) is 11.5. The Morgan fingerprint density at radius 3 is 2.50 bits per heavy atom. The zero-order valence-corrected chi connectivity index (χ0v) is 12.3. The molecule has 0 spiro atoms. The van der Waals surface area contributed by atoms with E-state index >= 15 is 0 Å². The maximum atomic E-state index is 3.61. The fraction of sp³-hybridized carbons (Fsp3) is 0.600. The lowest BCUT2D eigenvalue weighted by Crippen LogP contribution is -2.31. The Labute approximate surface area is 115 Å². The summed E-state index contributed by atoms with van der Waals surface area (Å²) in [4.78, 5) is 3.89. The van der Waals surface area contributed by atoms with Crippen LogP contribution in [0, 0.1) is 0 Å². The second-order valence-electron chi connectivity index (χ2n) is 5.00. The van der Waals surface area contributed by atoms with E-state index in [1.165, 1.54) is 42.9 Å². The van der Waals surface area contributed by atoms with Crippen LogP contribution in [0.2, 0.25) is 0 Å². The molecule has 1 N–H and O–H groups in total. The average molecular weight is 264 g/mol. The molecule has 2 nitrogen and oxygen atoms in total. The Morgan fingerprint density at radius 2 is 1.89 bits per heavy atom. The van der Waals surface area contributed by atoms with E-state index in [1.54, 1.807) is 11.8 Å². The summed E-state index contributed by atoms with van der Waals surface area (Å²) in [6.45, 7) is 7.10. The lowest BCUT2D eigenvalue weighted by molar-refractivity contribution is 0.330. The molecule has 0 radical (unpaired) electrons. The van der Waals surface area contributed by atoms with Gasteiger partial charge in [0.25, 0.3) is 0 Å². The minimum Gasteiger partial charge on any atom is -0.309 e. The number of benzene rings is 1. The van der Waals surface area contributed by atoms with Crippen molar-refractivity contribution >= 4 is 11.8 Å². The second kappa shape index (κ2) is 7.17. The minimum atomic E-state index is 0.448. The highest BCUT2D eigenvalue weighted by Crippen LogP contribution is 2.18. The molecule has 0 bridgehead atoms. The van der Waals surface area contributed by atoms with Crippen molar-refractivity contribution in [1.29, 1.82) is 0 Å². The van der Waals surface area contributed by atoms with Crippen LogP contribution in [0.15, 0.2) is 29.2 Å². The standard InChI is InChI=1S/C15H24N2S/c1-13(14-5-7-15(18-2)8-6-14)16-9-12-17-10-3-4-11-17/h5-8,13,16H,3-4,9-12H2,1-2H3. The first kappa shape index (κ1) is 13.9. The van der Waals surface area contributed by atoms with Gasteiger partial charge >= 0.3 is 0 Å². The van der Waals surface area contributed by atoms with Gasteiger partial charge in [-0.2, -0.15) is 0 Å². The number of hydrogen-bond acceptors (Lipinski definition) is 3. The topological polar surface area (TPSA) is 15.3 Å². The van der Waals surface area contributed by atoms with Gasteiger partial charge in [-0.25, -0.2) is 0 Å². The third-order valence-corrected chi connectivity index (χ3v) is 4.44. The second-order valence-corrected chi connectivity index (χ2v) is 5.88. The van der Waals surface area contributed by atoms with Crippen molar-refractivity contribution in [2.45, 2.75) is 30.7 Å². The molecule has 100 valence electrons. The van der Waals surface area contributed by atoms with Crippen LogP contribution < -0.4 is 5.32 Å². The van der Waals surface area contributed by atoms with E-state index in [2.05, 4.69) is 47.7 Å². The van der Waals surface area contributed by atoms with Gasteiger partial charge in [0.15, 0.2) is 0 Å². The van der Waals surface area contributed by atoms with Crippen molar-refractivity contribution in [3.8, 4) is 0 Å². The van der Waals surface area contributed by atoms with Crippen LogP contribution >= 0.6 is 11.8 Å². The average Bonchev–Trinajstić information content (AvgIpc) is 2.92. The SMILES string of the molecule is CSc1ccc(C(C)NCCN2CCCC2)cc1. The molecule has 0 saturated carbocycles. The number of hydrogen-bond donors (Lipinski definition) is 1. The summed E-state index contributed by atoms with van der Waals surface area (Å²) in [6.07, 6.45) is 4.88. The van der Waals surface area contributed by atoms with Gasteiger partial charge in [-0.3, -0.25) is 0 Å². The molecule has 0 aromatic heterocycles. The summed E-state index contributed by atoms with van der Waals surface area (Å²) in [5, 5.41) is 3.61. The van der Waals surface area contributed by atoms with Crippen LogP contribution in [0.25, 0.3) is 0 Å². The number of likely N-dealkylation sites (tertiary alicyclic amines) is 1. The van der Waals surface area contributed by atoms with Gasteiger partial charge in [0, 0.05) is 24.0 Å². The fourth-order valence-corrected chi connectivity index (χ4v) is 2.86. The Bertz CT molecular complexity index is 344. The van der Waals surface area contributed by atoms with Crippen molar-refractivity contribution in [2.24, 2.45) is 0 Å². The van der Waals surface area contributed by atoms with Gasteiger partial charge in [-0.1, -0.05) is 12.1 Å². The molecule has 1 atom stereocenters. The molecule has 1 aromatic carbocycles. The number of rotatable bonds is 6. The molecule has 2 rings (SSSR count). The van der Waals surface area contributed by atoms with E-state index in [0.29, 0.717) is 6.04 Å². The summed E-state index contributed by atoms with van der Waals surface area (Å²) < 4.78 is 0. The number of thioether (sulfide) groups is 1. The maximum absolute atomic E-state index is 3.61. The molecule has 1 saturated heterocycles. The first-order chi connectivity index (χ1) is 8.79. The Balaban J connectivity index is 1.74. The van der Waals surface area contributed by atoms with Crippen molar-refractivity contribution in [3.63, 3.8) is 0 Å². The zero-order chi connectivity index (χ0) is 12.8. The molecule has 1 unspecified atom stereocenters. The highest BCUT2D eigenvalue weighted by molar-refractivity contribution is 7.98. The van der Waals surface area contributed by atoms with Crippen LogP contribution in [0.5, 0.6) is 0 Å². The Morgan fingerprint density at radius 1 is 1.22 bits per heavy atom. The van der Waals surface area contributed by atoms with E-state index in [9.17, 15) is 0 Å². The van der Waals surface area contributed by atoms with Crippen LogP contribution in [-0.2, 0) is 0 Å². The van der Waals surface area contributed by atoms with Crippen LogP contribution in [0.1, 0.15) is 31.4 Å². The normalized spacial score (nSPS) is 18.1. The maximum Gasteiger partial charge on any atom is 0.0292 e. The summed E-state index contributed by atoms with van der Waals surface area (Å²) in [6, 6.07) is 9.33. The summed E-state index contributed by atoms with van der Waals surface area (Å²) in [7, 11) is 0. The number of nitrogens with zero attached hydrogens (tertiary/aromatic N) is 1. The fourth-order valence-electron chi connectivity index (χ4n) is 2.46. The highest BCUT2D eigenvalue weighted by atomic mass is 32.2. The summed E-state index contributed by atoms with van der Waals surface area (Å²) in [5.74, 6) is 0. The van der Waals surface area contributed by atoms with E-state index in [-0.39, 0.29) is 0 Å². The van der Waals surface area contributed by atoms with Crippen LogP contribution in [-0.4, -0.2) is 37.3 Å². The van der Waals surface area contributed by atoms with E-state index in [4.69, 9.17) is 0 Å². The molecule has 0 amide bonds. The van der Waals surface area contributed by atoms with Gasteiger partial charge < -0.3 is 10.2 Å². The largest absolute Gasteiger partial charge is 0.309 e. The van der Waals surface area contributed by atoms with Crippen LogP contribution in [0.3, 0.4) is 0 Å². The van der Waals surface area contributed by atoms with Gasteiger partial charge in [-0.15, -0.1) is 11.8 Å². The van der Waals surface area contributed by atoms with Gasteiger partial charge in [-0.05, 0) is 56.8 Å².